The number of unbranched alkanes of at least 4 members (excludes halogenated alkanes) is 22. The minimum absolute atomic E-state index is 0.185. The fourth-order valence-corrected chi connectivity index (χ4v) is 6.58. The van der Waals surface area contributed by atoms with Crippen LogP contribution in [0.3, 0.4) is 0 Å². The highest BCUT2D eigenvalue weighted by atomic mass is 31.2. The smallest absolute Gasteiger partial charge is 0.462 e. The van der Waals surface area contributed by atoms with E-state index in [1.807, 2.05) is 0 Å². The van der Waals surface area contributed by atoms with Crippen molar-refractivity contribution in [2.24, 2.45) is 0 Å². The summed E-state index contributed by atoms with van der Waals surface area (Å²) < 4.78 is 32.7. The first kappa shape index (κ1) is 51.5. The van der Waals surface area contributed by atoms with Crippen LogP contribution >= 0.6 is 7.82 Å². The van der Waals surface area contributed by atoms with Crippen molar-refractivity contribution in [3.63, 3.8) is 0 Å². The lowest BCUT2D eigenvalue weighted by Gasteiger charge is -2.20. The zero-order valence-electron chi connectivity index (χ0n) is 33.7. The van der Waals surface area contributed by atoms with Gasteiger partial charge in [-0.05, 0) is 44.9 Å². The monoisotopic (exact) mass is 775 g/mol. The third-order valence-corrected chi connectivity index (χ3v) is 10.1. The van der Waals surface area contributed by atoms with E-state index >= 15 is 0 Å². The van der Waals surface area contributed by atoms with Crippen LogP contribution < -0.4 is 0 Å². The van der Waals surface area contributed by atoms with Crippen LogP contribution in [-0.4, -0.2) is 65.7 Å². The largest absolute Gasteiger partial charge is 0.472 e. The van der Waals surface area contributed by atoms with Crippen molar-refractivity contribution in [2.45, 2.75) is 206 Å². The van der Waals surface area contributed by atoms with Gasteiger partial charge in [0.05, 0.1) is 19.8 Å². The molecule has 0 saturated heterocycles. The van der Waals surface area contributed by atoms with Crippen LogP contribution in [0.15, 0.2) is 24.3 Å². The molecule has 11 heteroatoms. The van der Waals surface area contributed by atoms with E-state index in [4.69, 9.17) is 19.1 Å². The number of hydrogen-bond donors (Lipinski definition) is 3. The Morgan fingerprint density at radius 2 is 0.981 bits per heavy atom. The second-order valence-electron chi connectivity index (χ2n) is 14.4. The highest BCUT2D eigenvalue weighted by Crippen LogP contribution is 2.43. The highest BCUT2D eigenvalue weighted by Gasteiger charge is 2.27. The Labute approximate surface area is 323 Å². The molecule has 0 aliphatic heterocycles. The number of esters is 2. The molecule has 0 fully saturated rings. The van der Waals surface area contributed by atoms with Gasteiger partial charge in [0.15, 0.2) is 6.10 Å². The number of phosphoric acid groups is 1. The van der Waals surface area contributed by atoms with Crippen molar-refractivity contribution >= 4 is 19.8 Å². The van der Waals surface area contributed by atoms with Gasteiger partial charge < -0.3 is 24.6 Å². The number of carbonyl (C=O) groups excluding carboxylic acids is 2. The van der Waals surface area contributed by atoms with E-state index in [-0.39, 0.29) is 19.4 Å². The van der Waals surface area contributed by atoms with Crippen molar-refractivity contribution in [1.82, 2.24) is 0 Å². The molecule has 0 amide bonds. The fraction of sp³-hybridized carbons (Fsp3) is 0.857. The van der Waals surface area contributed by atoms with Crippen molar-refractivity contribution in [3.05, 3.63) is 24.3 Å². The van der Waals surface area contributed by atoms with Gasteiger partial charge >= 0.3 is 19.8 Å². The van der Waals surface area contributed by atoms with Gasteiger partial charge in [0, 0.05) is 12.8 Å². The Morgan fingerprint density at radius 1 is 0.566 bits per heavy atom. The van der Waals surface area contributed by atoms with Crippen LogP contribution in [0, 0.1) is 0 Å². The summed E-state index contributed by atoms with van der Waals surface area (Å²) >= 11 is 0. The summed E-state index contributed by atoms with van der Waals surface area (Å²) in [5.41, 5.74) is 0. The molecule has 0 spiro atoms. The summed E-state index contributed by atoms with van der Waals surface area (Å²) in [6.45, 7) is 2.35. The molecule has 10 nitrogen and oxygen atoms in total. The lowest BCUT2D eigenvalue weighted by Crippen LogP contribution is -2.29. The summed E-state index contributed by atoms with van der Waals surface area (Å²) in [4.78, 5) is 34.9. The maximum atomic E-state index is 12.6. The molecule has 312 valence electrons. The molecular formula is C42H79O10P. The second-order valence-corrected chi connectivity index (χ2v) is 15.8. The van der Waals surface area contributed by atoms with E-state index < -0.39 is 51.8 Å². The van der Waals surface area contributed by atoms with Crippen molar-refractivity contribution < 1.29 is 47.8 Å². The Hall–Kier alpha value is -1.55. The van der Waals surface area contributed by atoms with Crippen molar-refractivity contribution in [3.8, 4) is 0 Å². The van der Waals surface area contributed by atoms with Crippen LogP contribution in [0.5, 0.6) is 0 Å². The molecule has 3 N–H and O–H groups in total. The van der Waals surface area contributed by atoms with E-state index in [1.54, 1.807) is 0 Å². The number of phosphoric ester groups is 1. The number of aliphatic hydroxyl groups is 2. The number of hydrogen-bond acceptors (Lipinski definition) is 9. The molecule has 0 aromatic carbocycles. The maximum Gasteiger partial charge on any atom is 0.472 e. The number of rotatable bonds is 40. The molecule has 0 bridgehead atoms. The summed E-state index contributed by atoms with van der Waals surface area (Å²) in [5, 5.41) is 18.3. The normalized spacial score (nSPS) is 14.1. The van der Waals surface area contributed by atoms with E-state index in [9.17, 15) is 24.2 Å². The number of aliphatic hydroxyl groups excluding tert-OH is 2. The average molecular weight is 775 g/mol. The van der Waals surface area contributed by atoms with Gasteiger partial charge in [-0.1, -0.05) is 160 Å². The lowest BCUT2D eigenvalue weighted by atomic mass is 10.0. The zero-order valence-corrected chi connectivity index (χ0v) is 34.6. The molecule has 0 aliphatic carbocycles. The van der Waals surface area contributed by atoms with Gasteiger partial charge in [0.25, 0.3) is 0 Å². The summed E-state index contributed by atoms with van der Waals surface area (Å²) in [7, 11) is -4.61. The van der Waals surface area contributed by atoms with E-state index in [0.717, 1.165) is 57.8 Å². The van der Waals surface area contributed by atoms with Crippen molar-refractivity contribution in [1.29, 1.82) is 0 Å². The Bertz CT molecular complexity index is 941. The van der Waals surface area contributed by atoms with Gasteiger partial charge in [0.1, 0.15) is 12.7 Å². The molecule has 0 aromatic rings. The molecule has 0 heterocycles. The molecular weight excluding hydrogens is 695 g/mol. The summed E-state index contributed by atoms with van der Waals surface area (Å²) in [5.74, 6) is -0.934. The summed E-state index contributed by atoms with van der Waals surface area (Å²) in [6.07, 6.45) is 37.1. The second kappa shape index (κ2) is 38.7. The van der Waals surface area contributed by atoms with Crippen LogP contribution in [-0.2, 0) is 32.7 Å². The van der Waals surface area contributed by atoms with Crippen LogP contribution in [0.2, 0.25) is 0 Å². The number of allylic oxidation sites excluding steroid dienone is 4. The first-order chi connectivity index (χ1) is 25.7. The molecule has 0 radical (unpaired) electrons. The summed E-state index contributed by atoms with van der Waals surface area (Å²) in [6, 6.07) is 0. The fourth-order valence-electron chi connectivity index (χ4n) is 5.79. The van der Waals surface area contributed by atoms with Gasteiger partial charge in [-0.3, -0.25) is 18.6 Å². The van der Waals surface area contributed by atoms with E-state index in [0.29, 0.717) is 12.8 Å². The number of ether oxygens (including phenoxy) is 2. The van der Waals surface area contributed by atoms with Gasteiger partial charge in [-0.25, -0.2) is 4.57 Å². The SMILES string of the molecule is CCCCCC=CCC=CCCCCCCCC(=O)OC[C@H](COP(=O)(O)OC[C@@H](O)CO)OC(=O)CCCCCCCCCCCCCCCCC. The first-order valence-corrected chi connectivity index (χ1v) is 22.8. The molecule has 0 saturated carbocycles. The number of carbonyl (C=O) groups is 2. The van der Waals surface area contributed by atoms with E-state index in [1.165, 1.54) is 96.3 Å². The van der Waals surface area contributed by atoms with Gasteiger partial charge in [-0.15, -0.1) is 0 Å². The molecule has 3 atom stereocenters. The Kier molecular flexibility index (Phi) is 37.6. The lowest BCUT2D eigenvalue weighted by molar-refractivity contribution is -0.161. The predicted octanol–water partition coefficient (Wildman–Crippen LogP) is 11.0. The highest BCUT2D eigenvalue weighted by molar-refractivity contribution is 7.47. The topological polar surface area (TPSA) is 149 Å². The first-order valence-electron chi connectivity index (χ1n) is 21.3. The maximum absolute atomic E-state index is 12.6. The average Bonchev–Trinajstić information content (AvgIpc) is 3.14. The van der Waals surface area contributed by atoms with E-state index in [2.05, 4.69) is 42.7 Å². The minimum atomic E-state index is -4.61. The minimum Gasteiger partial charge on any atom is -0.462 e. The van der Waals surface area contributed by atoms with Crippen LogP contribution in [0.1, 0.15) is 194 Å². The predicted molar refractivity (Wildman–Crippen MR) is 215 cm³/mol. The van der Waals surface area contributed by atoms with Gasteiger partial charge in [-0.2, -0.15) is 0 Å². The van der Waals surface area contributed by atoms with Crippen molar-refractivity contribution in [2.75, 3.05) is 26.4 Å². The molecule has 0 aromatic heterocycles. The third-order valence-electron chi connectivity index (χ3n) is 9.11. The van der Waals surface area contributed by atoms with Crippen LogP contribution in [0.25, 0.3) is 0 Å². The van der Waals surface area contributed by atoms with Crippen LogP contribution in [0.4, 0.5) is 0 Å². The zero-order chi connectivity index (χ0) is 39.1. The molecule has 1 unspecified atom stereocenters. The molecule has 53 heavy (non-hydrogen) atoms. The Morgan fingerprint density at radius 3 is 1.49 bits per heavy atom. The third kappa shape index (κ3) is 38.5. The molecule has 0 aliphatic rings. The standard InChI is InChI=1S/C42H79O10P/c1-3-5-7-9-11-13-15-17-19-21-23-25-27-29-31-33-41(45)49-37-40(38-51-53(47,48)50-36-39(44)35-43)52-42(46)34-32-30-28-26-24-22-20-18-16-14-12-10-8-6-4-2/h11,13,17,19,39-40,43-44H,3-10,12,14-16,18,20-38H2,1-2H3,(H,47,48)/t39-,40+/m0/s1. The van der Waals surface area contributed by atoms with Gasteiger partial charge in [0.2, 0.25) is 0 Å². The molecule has 0 rings (SSSR count). The quantitative estimate of drug-likeness (QED) is 0.0238. The Balaban J connectivity index is 4.31.